The van der Waals surface area contributed by atoms with Crippen molar-refractivity contribution in [1.29, 1.82) is 10.0 Å². The maximum absolute atomic E-state index is 14.8. The Balaban J connectivity index is 1.52. The second kappa shape index (κ2) is 12.3. The number of pyridine rings is 1. The molecule has 0 unspecified atom stereocenters. The third-order valence-electron chi connectivity index (χ3n) is 8.30. The van der Waals surface area contributed by atoms with Crippen molar-refractivity contribution in [3.63, 3.8) is 0 Å². The number of alkyl halides is 1. The molecule has 1 aliphatic heterocycles. The Hall–Kier alpha value is -3.69. The third kappa shape index (κ3) is 6.37. The van der Waals surface area contributed by atoms with Crippen LogP contribution in [0.15, 0.2) is 48.8 Å². The number of hydrogen-bond acceptors (Lipinski definition) is 6. The SMILES string of the molecule is CC(C)[C@@H](C#N)NC(=O)[C@@H]1C[C@@H](F)CC[C@H]1c1nn(-c2ncccc2F)cc1-c1ccc(N2CC[SH](=N)(O)CC2)cc1. The largest absolute Gasteiger partial charge is 0.370 e. The fraction of sp³-hybridized carbons (Fsp3) is 0.467. The van der Waals surface area contributed by atoms with Gasteiger partial charge in [0.05, 0.1) is 11.8 Å². The third-order valence-corrected chi connectivity index (χ3v) is 10.2. The first-order valence-corrected chi connectivity index (χ1v) is 16.4. The minimum absolute atomic E-state index is 0.00981. The van der Waals surface area contributed by atoms with Crippen LogP contribution in [-0.2, 0) is 14.9 Å². The molecule has 1 amide bonds. The van der Waals surface area contributed by atoms with E-state index in [0.717, 1.165) is 11.3 Å². The van der Waals surface area contributed by atoms with E-state index < -0.39 is 40.0 Å². The summed E-state index contributed by atoms with van der Waals surface area (Å²) in [4.78, 5) is 19.8. The first-order valence-electron chi connectivity index (χ1n) is 14.3. The smallest absolute Gasteiger partial charge is 0.224 e. The van der Waals surface area contributed by atoms with E-state index in [4.69, 9.17) is 9.88 Å². The summed E-state index contributed by atoms with van der Waals surface area (Å²) >= 11 is 0. The quantitative estimate of drug-likeness (QED) is 0.287. The van der Waals surface area contributed by atoms with Crippen molar-refractivity contribution >= 4 is 21.7 Å². The van der Waals surface area contributed by atoms with Crippen molar-refractivity contribution in [3.05, 3.63) is 60.3 Å². The van der Waals surface area contributed by atoms with Crippen molar-refractivity contribution in [2.75, 3.05) is 29.5 Å². The summed E-state index contributed by atoms with van der Waals surface area (Å²) in [5, 5.41) is 17.1. The summed E-state index contributed by atoms with van der Waals surface area (Å²) in [6, 6.07) is 12.0. The zero-order valence-corrected chi connectivity index (χ0v) is 24.6. The van der Waals surface area contributed by atoms with E-state index in [-0.39, 0.29) is 30.5 Å². The molecule has 9 nitrogen and oxygen atoms in total. The van der Waals surface area contributed by atoms with Crippen LogP contribution in [0, 0.1) is 33.8 Å². The zero-order valence-electron chi connectivity index (χ0n) is 23.7. The molecule has 2 aliphatic rings. The molecule has 1 saturated carbocycles. The number of rotatable bonds is 7. The van der Waals surface area contributed by atoms with E-state index in [1.807, 2.05) is 38.1 Å². The van der Waals surface area contributed by atoms with Gasteiger partial charge < -0.3 is 14.8 Å². The van der Waals surface area contributed by atoms with Gasteiger partial charge in [0.25, 0.3) is 0 Å². The Labute approximate surface area is 245 Å². The predicted octanol–water partition coefficient (Wildman–Crippen LogP) is 4.90. The molecule has 5 rings (SSSR count). The Kier molecular flexibility index (Phi) is 8.70. The fourth-order valence-corrected chi connectivity index (χ4v) is 7.16. The first-order chi connectivity index (χ1) is 20.1. The Bertz CT molecular complexity index is 1510. The van der Waals surface area contributed by atoms with Crippen LogP contribution in [-0.4, -0.2) is 62.0 Å². The predicted molar refractivity (Wildman–Crippen MR) is 160 cm³/mol. The molecule has 2 fully saturated rings. The molecule has 3 N–H and O–H groups in total. The van der Waals surface area contributed by atoms with Crippen LogP contribution in [0.25, 0.3) is 16.9 Å². The number of hydrogen-bond donors (Lipinski definition) is 4. The highest BCUT2D eigenvalue weighted by molar-refractivity contribution is 7.98. The molecule has 1 aromatic carbocycles. The van der Waals surface area contributed by atoms with Crippen molar-refractivity contribution in [1.82, 2.24) is 20.1 Å². The normalized spacial score (nSPS) is 23.6. The number of benzene rings is 1. The number of aromatic nitrogens is 3. The second-order valence-corrected chi connectivity index (χ2v) is 14.3. The monoisotopic (exact) mass is 597 g/mol. The molecule has 0 bridgehead atoms. The number of amides is 1. The summed E-state index contributed by atoms with van der Waals surface area (Å²) in [6.07, 6.45) is 2.68. The number of anilines is 1. The van der Waals surface area contributed by atoms with Gasteiger partial charge in [-0.25, -0.2) is 18.4 Å². The number of carbonyl (C=O) groups excluding carboxylic acids is 1. The summed E-state index contributed by atoms with van der Waals surface area (Å²) in [7, 11) is -2.56. The maximum atomic E-state index is 14.8. The lowest BCUT2D eigenvalue weighted by Gasteiger charge is -2.36. The van der Waals surface area contributed by atoms with E-state index in [9.17, 15) is 23.4 Å². The van der Waals surface area contributed by atoms with E-state index in [0.29, 0.717) is 42.3 Å². The molecule has 3 aromatic rings. The number of nitrogens with zero attached hydrogens (tertiary/aromatic N) is 5. The Morgan fingerprint density at radius 2 is 1.93 bits per heavy atom. The molecule has 42 heavy (non-hydrogen) atoms. The van der Waals surface area contributed by atoms with Gasteiger partial charge in [-0.1, -0.05) is 26.0 Å². The van der Waals surface area contributed by atoms with E-state index >= 15 is 0 Å². The highest BCUT2D eigenvalue weighted by atomic mass is 32.3. The Morgan fingerprint density at radius 3 is 2.57 bits per heavy atom. The lowest BCUT2D eigenvalue weighted by molar-refractivity contribution is -0.128. The minimum atomic E-state index is -2.56. The summed E-state index contributed by atoms with van der Waals surface area (Å²) in [5.74, 6) is -1.30. The van der Waals surface area contributed by atoms with Crippen LogP contribution < -0.4 is 10.2 Å². The van der Waals surface area contributed by atoms with Gasteiger partial charge in [-0.15, -0.1) is 10.1 Å². The van der Waals surface area contributed by atoms with Crippen molar-refractivity contribution in [2.45, 2.75) is 51.2 Å². The molecule has 4 atom stereocenters. The lowest BCUT2D eigenvalue weighted by Crippen LogP contribution is -2.44. The zero-order chi connectivity index (χ0) is 30.0. The lowest BCUT2D eigenvalue weighted by atomic mass is 9.74. The van der Waals surface area contributed by atoms with Gasteiger partial charge in [0.2, 0.25) is 5.91 Å². The maximum Gasteiger partial charge on any atom is 0.224 e. The Morgan fingerprint density at radius 1 is 1.21 bits per heavy atom. The van der Waals surface area contributed by atoms with E-state index in [1.165, 1.54) is 23.0 Å². The number of halogens is 2. The molecule has 3 heterocycles. The van der Waals surface area contributed by atoms with Gasteiger partial charge >= 0.3 is 0 Å². The molecule has 2 aromatic heterocycles. The van der Waals surface area contributed by atoms with Gasteiger partial charge in [0, 0.05) is 60.1 Å². The highest BCUT2D eigenvalue weighted by Gasteiger charge is 2.40. The van der Waals surface area contributed by atoms with Crippen LogP contribution in [0.5, 0.6) is 0 Å². The van der Waals surface area contributed by atoms with Crippen molar-refractivity contribution in [3.8, 4) is 23.0 Å². The summed E-state index contributed by atoms with van der Waals surface area (Å²) in [5.41, 5.74) is 3.02. The topological polar surface area (TPSA) is 131 Å². The first kappa shape index (κ1) is 29.8. The molecule has 0 spiro atoms. The van der Waals surface area contributed by atoms with Crippen LogP contribution in [0.1, 0.15) is 44.7 Å². The van der Waals surface area contributed by atoms with E-state index in [1.54, 1.807) is 6.20 Å². The minimum Gasteiger partial charge on any atom is -0.370 e. The highest BCUT2D eigenvalue weighted by Crippen LogP contribution is 2.43. The summed E-state index contributed by atoms with van der Waals surface area (Å²) < 4.78 is 49.0. The van der Waals surface area contributed by atoms with E-state index in [2.05, 4.69) is 21.3 Å². The number of thiol groups is 1. The van der Waals surface area contributed by atoms with Crippen LogP contribution in [0.4, 0.5) is 14.5 Å². The van der Waals surface area contributed by atoms with Gasteiger partial charge in [-0.2, -0.15) is 10.4 Å². The van der Waals surface area contributed by atoms with Crippen molar-refractivity contribution in [2.24, 2.45) is 11.8 Å². The van der Waals surface area contributed by atoms with Crippen molar-refractivity contribution < 1.29 is 18.1 Å². The molecular formula is C30H37F2N7O2S. The molecule has 1 saturated heterocycles. The summed E-state index contributed by atoms with van der Waals surface area (Å²) in [6.45, 7) is 4.90. The number of nitrogens with one attached hydrogen (secondary N) is 2. The molecular weight excluding hydrogens is 560 g/mol. The fourth-order valence-electron chi connectivity index (χ4n) is 5.79. The number of carbonyl (C=O) groups is 1. The number of nitriles is 1. The van der Waals surface area contributed by atoms with Crippen LogP contribution in [0.3, 0.4) is 0 Å². The molecule has 0 radical (unpaired) electrons. The van der Waals surface area contributed by atoms with Crippen LogP contribution >= 0.6 is 0 Å². The second-order valence-electron chi connectivity index (χ2n) is 11.6. The van der Waals surface area contributed by atoms with Gasteiger partial charge in [0.15, 0.2) is 11.6 Å². The van der Waals surface area contributed by atoms with Gasteiger partial charge in [-0.05, 0) is 55.0 Å². The standard InChI is InChI=1S/C30H37F2N7O2S/c1-19(2)27(17-33)36-30(40)24-16-21(31)7-10-23(24)28-25(18-39(37-28)29-26(32)4-3-11-35-29)20-5-8-22(9-6-20)38-12-14-42(34,41)15-13-38/h3-6,8-9,11,18-19,21,23-24,27,42H,7,10,12-16H2,1-2H3,(H2,34,41)(H,36,40)/t21-,23+,24+,27+/m0/s1. The van der Waals surface area contributed by atoms with Gasteiger partial charge in [-0.3, -0.25) is 9.57 Å². The molecule has 1 aliphatic carbocycles. The molecule has 224 valence electrons. The average Bonchev–Trinajstić information content (AvgIpc) is 3.41. The average molecular weight is 598 g/mol. The van der Waals surface area contributed by atoms with Crippen LogP contribution in [0.2, 0.25) is 0 Å². The molecule has 12 heteroatoms. The van der Waals surface area contributed by atoms with Gasteiger partial charge in [0.1, 0.15) is 12.2 Å².